The Kier molecular flexibility index (Phi) is 4.80. The van der Waals surface area contributed by atoms with Gasteiger partial charge in [0.15, 0.2) is 17.7 Å². The number of amides is 1. The van der Waals surface area contributed by atoms with Crippen LogP contribution in [0.2, 0.25) is 0 Å². The predicted molar refractivity (Wildman–Crippen MR) is 105 cm³/mol. The molecular formula is C22H17F2NO4. The van der Waals surface area contributed by atoms with Crippen molar-refractivity contribution in [3.8, 4) is 11.5 Å². The summed E-state index contributed by atoms with van der Waals surface area (Å²) >= 11 is 0. The summed E-state index contributed by atoms with van der Waals surface area (Å²) in [6.07, 6.45) is -0.962. The van der Waals surface area contributed by atoms with Gasteiger partial charge >= 0.3 is 0 Å². The Bertz CT molecular complexity index is 1220. The van der Waals surface area contributed by atoms with Crippen molar-refractivity contribution in [3.63, 3.8) is 0 Å². The van der Waals surface area contributed by atoms with Crippen LogP contribution in [0.3, 0.4) is 0 Å². The summed E-state index contributed by atoms with van der Waals surface area (Å²) in [5.41, 5.74) is 1.73. The number of halogens is 2. The Morgan fingerprint density at radius 1 is 1.00 bits per heavy atom. The molecule has 0 radical (unpaired) electrons. The van der Waals surface area contributed by atoms with Gasteiger partial charge in [0.05, 0.1) is 12.8 Å². The first-order chi connectivity index (χ1) is 14.0. The predicted octanol–water partition coefficient (Wildman–Crippen LogP) is 5.28. The van der Waals surface area contributed by atoms with Crippen LogP contribution in [0.15, 0.2) is 59.0 Å². The Morgan fingerprint density at radius 2 is 1.79 bits per heavy atom. The minimum Gasteiger partial charge on any atom is -0.495 e. The Balaban J connectivity index is 1.59. The molecular weight excluding hydrogens is 380 g/mol. The molecule has 0 aliphatic rings. The van der Waals surface area contributed by atoms with E-state index in [9.17, 15) is 13.6 Å². The standard InChI is InChI=1S/C22H17F2NO4/c1-12(28-13-7-8-16(23)17(24)9-13)22(26)25-18-11-20-15(10-21(18)27-2)14-5-3-4-6-19(14)29-20/h3-12H,1-2H3,(H,25,26)/t12-/m1/s1. The van der Waals surface area contributed by atoms with E-state index >= 15 is 0 Å². The van der Waals surface area contributed by atoms with Crippen molar-refractivity contribution < 1.29 is 27.5 Å². The molecule has 0 spiro atoms. The molecule has 1 amide bonds. The molecule has 0 unspecified atom stereocenters. The number of methoxy groups -OCH3 is 1. The van der Waals surface area contributed by atoms with E-state index in [1.165, 1.54) is 20.1 Å². The van der Waals surface area contributed by atoms with Crippen molar-refractivity contribution in [2.24, 2.45) is 0 Å². The van der Waals surface area contributed by atoms with Gasteiger partial charge in [0.2, 0.25) is 0 Å². The molecule has 0 aliphatic heterocycles. The van der Waals surface area contributed by atoms with Gasteiger partial charge in [0.1, 0.15) is 22.7 Å². The van der Waals surface area contributed by atoms with Crippen molar-refractivity contribution >= 4 is 33.5 Å². The third kappa shape index (κ3) is 3.59. The van der Waals surface area contributed by atoms with Crippen LogP contribution in [0.25, 0.3) is 21.9 Å². The number of rotatable bonds is 5. The van der Waals surface area contributed by atoms with E-state index in [4.69, 9.17) is 13.9 Å². The summed E-state index contributed by atoms with van der Waals surface area (Å²) in [6.45, 7) is 1.50. The van der Waals surface area contributed by atoms with Crippen LogP contribution in [0.4, 0.5) is 14.5 Å². The van der Waals surface area contributed by atoms with Gasteiger partial charge in [-0.15, -0.1) is 0 Å². The van der Waals surface area contributed by atoms with E-state index in [2.05, 4.69) is 5.32 Å². The number of ether oxygens (including phenoxy) is 2. The zero-order valence-electron chi connectivity index (χ0n) is 15.7. The fourth-order valence-corrected chi connectivity index (χ4v) is 3.06. The first-order valence-corrected chi connectivity index (χ1v) is 8.88. The summed E-state index contributed by atoms with van der Waals surface area (Å²) in [6, 6.07) is 14.1. The largest absolute Gasteiger partial charge is 0.495 e. The number of furan rings is 1. The van der Waals surface area contributed by atoms with Crippen molar-refractivity contribution in [1.29, 1.82) is 0 Å². The highest BCUT2D eigenvalue weighted by atomic mass is 19.2. The van der Waals surface area contributed by atoms with Crippen LogP contribution in [0, 0.1) is 11.6 Å². The smallest absolute Gasteiger partial charge is 0.265 e. The fraction of sp³-hybridized carbons (Fsp3) is 0.136. The van der Waals surface area contributed by atoms with Gasteiger partial charge in [-0.3, -0.25) is 4.79 Å². The van der Waals surface area contributed by atoms with E-state index in [1.54, 1.807) is 12.1 Å². The van der Waals surface area contributed by atoms with E-state index in [0.717, 1.165) is 28.5 Å². The van der Waals surface area contributed by atoms with Crippen LogP contribution in [-0.2, 0) is 4.79 Å². The van der Waals surface area contributed by atoms with Crippen LogP contribution >= 0.6 is 0 Å². The zero-order chi connectivity index (χ0) is 20.5. The highest BCUT2D eigenvalue weighted by Crippen LogP contribution is 2.36. The molecule has 29 heavy (non-hydrogen) atoms. The highest BCUT2D eigenvalue weighted by Gasteiger charge is 2.19. The number of para-hydroxylation sites is 1. The van der Waals surface area contributed by atoms with Gasteiger partial charge in [0, 0.05) is 22.9 Å². The second-order valence-electron chi connectivity index (χ2n) is 6.47. The number of nitrogens with one attached hydrogen (secondary N) is 1. The molecule has 7 heteroatoms. The van der Waals surface area contributed by atoms with E-state index in [0.29, 0.717) is 17.0 Å². The van der Waals surface area contributed by atoms with Crippen molar-refractivity contribution in [1.82, 2.24) is 0 Å². The molecule has 4 rings (SSSR count). The number of benzene rings is 3. The fourth-order valence-electron chi connectivity index (χ4n) is 3.06. The Morgan fingerprint density at radius 3 is 2.55 bits per heavy atom. The molecule has 0 bridgehead atoms. The first-order valence-electron chi connectivity index (χ1n) is 8.88. The SMILES string of the molecule is COc1cc2c(cc1NC(=O)[C@@H](C)Oc1ccc(F)c(F)c1)oc1ccccc12. The summed E-state index contributed by atoms with van der Waals surface area (Å²) in [5, 5.41) is 4.53. The van der Waals surface area contributed by atoms with Crippen LogP contribution in [-0.4, -0.2) is 19.1 Å². The molecule has 3 aromatic carbocycles. The van der Waals surface area contributed by atoms with Crippen LogP contribution < -0.4 is 14.8 Å². The number of anilines is 1. The van der Waals surface area contributed by atoms with E-state index < -0.39 is 23.6 Å². The van der Waals surface area contributed by atoms with Crippen molar-refractivity contribution in [3.05, 3.63) is 66.2 Å². The summed E-state index contributed by atoms with van der Waals surface area (Å²) < 4.78 is 43.0. The lowest BCUT2D eigenvalue weighted by atomic mass is 10.1. The molecule has 1 aromatic heterocycles. The minimum atomic E-state index is -1.05. The van der Waals surface area contributed by atoms with Gasteiger partial charge in [-0.2, -0.15) is 0 Å². The highest BCUT2D eigenvalue weighted by molar-refractivity contribution is 6.08. The molecule has 0 saturated carbocycles. The third-order valence-corrected chi connectivity index (χ3v) is 4.53. The third-order valence-electron chi connectivity index (χ3n) is 4.53. The number of hydrogen-bond acceptors (Lipinski definition) is 4. The zero-order valence-corrected chi connectivity index (χ0v) is 15.7. The van der Waals surface area contributed by atoms with Crippen LogP contribution in [0.5, 0.6) is 11.5 Å². The maximum atomic E-state index is 13.3. The molecule has 1 atom stereocenters. The Hall–Kier alpha value is -3.61. The molecule has 148 valence electrons. The summed E-state index contributed by atoms with van der Waals surface area (Å²) in [5.74, 6) is -2.02. The first kappa shape index (κ1) is 18.7. The topological polar surface area (TPSA) is 60.7 Å². The quantitative estimate of drug-likeness (QED) is 0.498. The molecule has 4 aromatic rings. The molecule has 0 fully saturated rings. The molecule has 0 aliphatic carbocycles. The monoisotopic (exact) mass is 397 g/mol. The summed E-state index contributed by atoms with van der Waals surface area (Å²) in [7, 11) is 1.50. The van der Waals surface area contributed by atoms with E-state index in [-0.39, 0.29) is 5.75 Å². The lowest BCUT2D eigenvalue weighted by molar-refractivity contribution is -0.122. The second kappa shape index (κ2) is 7.43. The number of fused-ring (bicyclic) bond motifs is 3. The van der Waals surface area contributed by atoms with Gasteiger partial charge < -0.3 is 19.2 Å². The number of hydrogen-bond donors (Lipinski definition) is 1. The van der Waals surface area contributed by atoms with Gasteiger partial charge in [-0.05, 0) is 31.2 Å². The maximum Gasteiger partial charge on any atom is 0.265 e. The minimum absolute atomic E-state index is 0.0475. The number of carbonyl (C=O) groups is 1. The lowest BCUT2D eigenvalue weighted by Gasteiger charge is -2.16. The van der Waals surface area contributed by atoms with E-state index in [1.807, 2.05) is 24.3 Å². The number of carbonyl (C=O) groups excluding carboxylic acids is 1. The van der Waals surface area contributed by atoms with Gasteiger partial charge in [-0.25, -0.2) is 8.78 Å². The molecule has 5 nitrogen and oxygen atoms in total. The lowest BCUT2D eigenvalue weighted by Crippen LogP contribution is -2.30. The maximum absolute atomic E-state index is 13.3. The second-order valence-corrected chi connectivity index (χ2v) is 6.47. The molecule has 1 heterocycles. The average Bonchev–Trinajstić information content (AvgIpc) is 3.07. The Labute approximate surface area is 164 Å². The normalized spacial score (nSPS) is 12.1. The molecule has 0 saturated heterocycles. The summed E-state index contributed by atoms with van der Waals surface area (Å²) in [4.78, 5) is 12.6. The van der Waals surface area contributed by atoms with Gasteiger partial charge in [0.25, 0.3) is 5.91 Å². The average molecular weight is 397 g/mol. The van der Waals surface area contributed by atoms with Crippen molar-refractivity contribution in [2.75, 3.05) is 12.4 Å². The molecule has 1 N–H and O–H groups in total. The van der Waals surface area contributed by atoms with Crippen molar-refractivity contribution in [2.45, 2.75) is 13.0 Å². The van der Waals surface area contributed by atoms with Crippen LogP contribution in [0.1, 0.15) is 6.92 Å². The van der Waals surface area contributed by atoms with Gasteiger partial charge in [-0.1, -0.05) is 18.2 Å².